The number of carbonyl (C=O) groups excluding carboxylic acids is 4. The van der Waals surface area contributed by atoms with Crippen LogP contribution in [0.5, 0.6) is 0 Å². The Kier molecular flexibility index (Phi) is 9.88. The number of piperidine rings is 2. The maximum Gasteiger partial charge on any atom is 0.345 e. The molecule has 0 unspecified atom stereocenters. The van der Waals surface area contributed by atoms with Gasteiger partial charge >= 0.3 is 12.1 Å². The van der Waals surface area contributed by atoms with E-state index in [2.05, 4.69) is 20.6 Å². The molecule has 246 valence electrons. The van der Waals surface area contributed by atoms with Crippen LogP contribution >= 0.6 is 0 Å². The molecule has 47 heavy (non-hydrogen) atoms. The molecular formula is C33H38N8O6. The summed E-state index contributed by atoms with van der Waals surface area (Å²) in [5, 5.41) is 17.5. The second-order valence-corrected chi connectivity index (χ2v) is 12.0. The van der Waals surface area contributed by atoms with Crippen LogP contribution in [0, 0.1) is 0 Å². The fraction of sp³-hybridized carbons (Fsp3) is 0.394. The SMILES string of the molecule is O=C(NCc1cccnc1)[C@@H]1CC[C@@H]2CN1C(=O)N2O.O=C(NCc1cccnc1)[C@@H]1CC[C@@H]2CN1C(=O)N2OCc1ccccc1. The largest absolute Gasteiger partial charge is 0.350 e. The highest BCUT2D eigenvalue weighted by atomic mass is 16.7. The predicted octanol–water partition coefficient (Wildman–Crippen LogP) is 2.45. The lowest BCUT2D eigenvalue weighted by Gasteiger charge is -2.29. The minimum absolute atomic E-state index is 0.00332. The molecule has 4 aliphatic heterocycles. The highest BCUT2D eigenvalue weighted by molar-refractivity contribution is 5.89. The summed E-state index contributed by atoms with van der Waals surface area (Å²) < 4.78 is 0. The molecule has 3 aromatic rings. The summed E-state index contributed by atoms with van der Waals surface area (Å²) in [7, 11) is 0. The number of urea groups is 2. The first-order valence-electron chi connectivity index (χ1n) is 15.8. The molecule has 3 N–H and O–H groups in total. The van der Waals surface area contributed by atoms with Crippen molar-refractivity contribution in [3.63, 3.8) is 0 Å². The minimum atomic E-state index is -0.493. The number of hydrogen-bond donors (Lipinski definition) is 3. The molecule has 0 spiro atoms. The molecule has 1 aromatic carbocycles. The van der Waals surface area contributed by atoms with E-state index in [4.69, 9.17) is 4.84 Å². The third kappa shape index (κ3) is 7.34. The van der Waals surface area contributed by atoms with Crippen molar-refractivity contribution in [1.29, 1.82) is 0 Å². The van der Waals surface area contributed by atoms with Crippen molar-refractivity contribution < 1.29 is 29.2 Å². The van der Waals surface area contributed by atoms with Crippen molar-refractivity contribution >= 4 is 23.9 Å². The Morgan fingerprint density at radius 3 is 1.83 bits per heavy atom. The van der Waals surface area contributed by atoms with Gasteiger partial charge in [0.05, 0.1) is 12.1 Å². The van der Waals surface area contributed by atoms with Gasteiger partial charge in [0.15, 0.2) is 0 Å². The normalized spacial score (nSPS) is 22.9. The number of nitrogens with zero attached hydrogens (tertiary/aromatic N) is 6. The average molecular weight is 643 g/mol. The quantitative estimate of drug-likeness (QED) is 0.300. The molecule has 4 fully saturated rings. The number of fused-ring (bicyclic) bond motifs is 4. The number of benzene rings is 1. The molecule has 4 atom stereocenters. The monoisotopic (exact) mass is 642 g/mol. The predicted molar refractivity (Wildman–Crippen MR) is 167 cm³/mol. The smallest absolute Gasteiger partial charge is 0.345 e. The summed E-state index contributed by atoms with van der Waals surface area (Å²) in [5.41, 5.74) is 2.85. The molecule has 14 nitrogen and oxygen atoms in total. The van der Waals surface area contributed by atoms with Gasteiger partial charge in [-0.2, -0.15) is 5.06 Å². The Balaban J connectivity index is 0.000000172. The topological polar surface area (TPSA) is 161 Å². The highest BCUT2D eigenvalue weighted by Crippen LogP contribution is 2.31. The highest BCUT2D eigenvalue weighted by Gasteiger charge is 2.48. The van der Waals surface area contributed by atoms with Crippen molar-refractivity contribution in [3.8, 4) is 0 Å². The Labute approximate surface area is 272 Å². The summed E-state index contributed by atoms with van der Waals surface area (Å²) in [5.74, 6) is -0.313. The van der Waals surface area contributed by atoms with E-state index in [9.17, 15) is 24.4 Å². The minimum Gasteiger partial charge on any atom is -0.350 e. The van der Waals surface area contributed by atoms with E-state index in [-0.39, 0.29) is 29.9 Å². The van der Waals surface area contributed by atoms with Gasteiger partial charge < -0.3 is 20.4 Å². The van der Waals surface area contributed by atoms with Crippen molar-refractivity contribution in [2.24, 2.45) is 0 Å². The number of amides is 6. The van der Waals surface area contributed by atoms with Gasteiger partial charge in [0.25, 0.3) is 0 Å². The van der Waals surface area contributed by atoms with Crippen molar-refractivity contribution in [3.05, 3.63) is 96.1 Å². The number of aromatic nitrogens is 2. The molecule has 0 radical (unpaired) electrons. The van der Waals surface area contributed by atoms with Gasteiger partial charge in [-0.05, 0) is 54.5 Å². The van der Waals surface area contributed by atoms with Gasteiger partial charge in [-0.1, -0.05) is 42.5 Å². The zero-order chi connectivity index (χ0) is 32.8. The number of hydroxylamine groups is 4. The second kappa shape index (κ2) is 14.6. The fourth-order valence-corrected chi connectivity index (χ4v) is 6.33. The van der Waals surface area contributed by atoms with Crippen LogP contribution in [0.25, 0.3) is 0 Å². The summed E-state index contributed by atoms with van der Waals surface area (Å²) >= 11 is 0. The molecule has 14 heteroatoms. The van der Waals surface area contributed by atoms with Gasteiger partial charge in [0.1, 0.15) is 18.7 Å². The summed E-state index contributed by atoms with van der Waals surface area (Å²) in [6.07, 6.45) is 9.38. The van der Waals surface area contributed by atoms with Crippen LogP contribution in [-0.4, -0.2) is 96.2 Å². The molecule has 6 amide bonds. The van der Waals surface area contributed by atoms with Gasteiger partial charge in [-0.25, -0.2) is 14.7 Å². The fourth-order valence-electron chi connectivity index (χ4n) is 6.33. The molecule has 6 heterocycles. The first kappa shape index (κ1) is 31.9. The van der Waals surface area contributed by atoms with Gasteiger partial charge in [0.2, 0.25) is 11.8 Å². The number of pyridine rings is 2. The number of carbonyl (C=O) groups is 4. The third-order valence-electron chi connectivity index (χ3n) is 8.86. The molecule has 7 rings (SSSR count). The van der Waals surface area contributed by atoms with E-state index >= 15 is 0 Å². The molecule has 4 saturated heterocycles. The van der Waals surface area contributed by atoms with Crippen LogP contribution in [0.15, 0.2) is 79.4 Å². The average Bonchev–Trinajstić information content (AvgIpc) is 3.49. The Bertz CT molecular complexity index is 1550. The molecule has 4 aliphatic rings. The van der Waals surface area contributed by atoms with Gasteiger partial charge in [0, 0.05) is 51.0 Å². The standard InChI is InChI=1S/C20H22N4O3.C13H16N4O3/c25-19(22-12-16-7-4-10-21-11-16)18-9-8-17-13-23(18)20(26)24(17)27-14-15-5-2-1-3-6-15;18-12(15-7-9-2-1-5-14-6-9)11-4-3-10-8-16(11)13(19)17(10)20/h1-7,10-11,17-18H,8-9,12-14H2,(H,22,25);1-2,5-6,10-11,20H,3-4,7-8H2,(H,15,18)/t17-,18+;10-,11+/m11/s1. The van der Waals surface area contributed by atoms with Crippen molar-refractivity contribution in [1.82, 2.24) is 40.5 Å². The van der Waals surface area contributed by atoms with Crippen LogP contribution in [0.4, 0.5) is 9.59 Å². The number of nitrogens with one attached hydrogen (secondary N) is 2. The van der Waals surface area contributed by atoms with Gasteiger partial charge in [-0.3, -0.25) is 29.6 Å². The Morgan fingerprint density at radius 1 is 0.723 bits per heavy atom. The van der Waals surface area contributed by atoms with Crippen LogP contribution in [0.1, 0.15) is 42.4 Å². The maximum atomic E-state index is 12.7. The Hall–Kier alpha value is -5.08. The van der Waals surface area contributed by atoms with Crippen LogP contribution in [0.2, 0.25) is 0 Å². The van der Waals surface area contributed by atoms with Gasteiger partial charge in [-0.15, -0.1) is 0 Å². The summed E-state index contributed by atoms with van der Waals surface area (Å²) in [6.45, 7) is 2.08. The van der Waals surface area contributed by atoms with E-state index < -0.39 is 18.1 Å². The molecule has 4 bridgehead atoms. The molecule has 0 aliphatic carbocycles. The molecule has 0 saturated carbocycles. The lowest BCUT2D eigenvalue weighted by molar-refractivity contribution is -0.140. The lowest BCUT2D eigenvalue weighted by Crippen LogP contribution is -2.49. The number of hydrogen-bond acceptors (Lipinski definition) is 8. The summed E-state index contributed by atoms with van der Waals surface area (Å²) in [6, 6.07) is 15.3. The third-order valence-corrected chi connectivity index (χ3v) is 8.86. The Morgan fingerprint density at radius 2 is 1.26 bits per heavy atom. The molecular weight excluding hydrogens is 604 g/mol. The van der Waals surface area contributed by atoms with Crippen LogP contribution < -0.4 is 10.6 Å². The molecule has 2 aromatic heterocycles. The zero-order valence-corrected chi connectivity index (χ0v) is 25.9. The lowest BCUT2D eigenvalue weighted by atomic mass is 10.0. The van der Waals surface area contributed by atoms with E-state index in [1.54, 1.807) is 35.8 Å². The van der Waals surface area contributed by atoms with Crippen LogP contribution in [0.3, 0.4) is 0 Å². The second-order valence-electron chi connectivity index (χ2n) is 12.0. The zero-order valence-electron chi connectivity index (χ0n) is 25.9. The first-order valence-corrected chi connectivity index (χ1v) is 15.8. The van der Waals surface area contributed by atoms with Crippen molar-refractivity contribution in [2.75, 3.05) is 13.1 Å². The maximum absolute atomic E-state index is 12.7. The van der Waals surface area contributed by atoms with Crippen LogP contribution in [-0.2, 0) is 34.1 Å². The first-order chi connectivity index (χ1) is 22.9. The number of rotatable bonds is 9. The van der Waals surface area contributed by atoms with E-state index in [1.165, 1.54) is 9.96 Å². The van der Waals surface area contributed by atoms with Crippen molar-refractivity contribution in [2.45, 2.75) is 69.5 Å². The van der Waals surface area contributed by atoms with E-state index in [0.717, 1.165) is 28.2 Å². The summed E-state index contributed by atoms with van der Waals surface area (Å²) in [4.78, 5) is 66.2. The van der Waals surface area contributed by atoms with E-state index in [1.807, 2.05) is 48.5 Å². The van der Waals surface area contributed by atoms with E-state index in [0.29, 0.717) is 52.0 Å².